The molecule has 194 valence electrons. The molecule has 36 heavy (non-hydrogen) atoms. The molecular weight excluding hydrogens is 488 g/mol. The molecule has 7 nitrogen and oxygen atoms in total. The number of benzene rings is 1. The Morgan fingerprint density at radius 2 is 1.53 bits per heavy atom. The quantitative estimate of drug-likeness (QED) is 0.559. The lowest BCUT2D eigenvalue weighted by Gasteiger charge is -2.46. The number of nitrogens with zero attached hydrogens (tertiary/aromatic N) is 5. The maximum Gasteiger partial charge on any atom is 0.435 e. The van der Waals surface area contributed by atoms with Crippen LogP contribution in [0.25, 0.3) is 5.69 Å². The highest BCUT2D eigenvalue weighted by atomic mass is 19.4. The van der Waals surface area contributed by atoms with E-state index < -0.39 is 29.3 Å². The largest absolute Gasteiger partial charge is 0.435 e. The zero-order valence-corrected chi connectivity index (χ0v) is 19.3. The van der Waals surface area contributed by atoms with Crippen LogP contribution in [0.5, 0.6) is 0 Å². The van der Waals surface area contributed by atoms with Crippen LogP contribution in [-0.4, -0.2) is 27.4 Å². The van der Waals surface area contributed by atoms with Crippen molar-refractivity contribution in [2.75, 3.05) is 4.90 Å². The summed E-state index contributed by atoms with van der Waals surface area (Å²) >= 11 is 0. The Hall–Kier alpha value is -3.25. The lowest BCUT2D eigenvalue weighted by molar-refractivity contribution is -0.142. The Labute approximate surface area is 202 Å². The van der Waals surface area contributed by atoms with Crippen LogP contribution >= 0.6 is 0 Å². The molecule has 0 radical (unpaired) electrons. The van der Waals surface area contributed by atoms with Crippen LogP contribution in [0.3, 0.4) is 0 Å². The van der Waals surface area contributed by atoms with Crippen molar-refractivity contribution >= 4 is 17.6 Å². The zero-order chi connectivity index (χ0) is 25.9. The van der Waals surface area contributed by atoms with Crippen molar-refractivity contribution in [1.82, 2.24) is 9.78 Å². The van der Waals surface area contributed by atoms with Gasteiger partial charge < -0.3 is 11.5 Å². The molecule has 0 saturated heterocycles. The molecule has 1 saturated carbocycles. The van der Waals surface area contributed by atoms with Crippen molar-refractivity contribution in [2.45, 2.75) is 75.8 Å². The van der Waals surface area contributed by atoms with Gasteiger partial charge in [0.15, 0.2) is 5.69 Å². The molecule has 0 bridgehead atoms. The van der Waals surface area contributed by atoms with Crippen LogP contribution < -0.4 is 16.4 Å². The number of nitrogens with two attached hydrogens (primary N) is 2. The smallest absolute Gasteiger partial charge is 0.369 e. The number of fused-ring (bicyclic) bond motifs is 1. The first kappa shape index (κ1) is 24.4. The summed E-state index contributed by atoms with van der Waals surface area (Å²) in [4.78, 5) is 9.91. The first-order valence-electron chi connectivity index (χ1n) is 11.8. The van der Waals surface area contributed by atoms with Gasteiger partial charge >= 0.3 is 12.4 Å². The summed E-state index contributed by atoms with van der Waals surface area (Å²) in [6.07, 6.45) is -4.42. The molecule has 0 atom stereocenters. The van der Waals surface area contributed by atoms with Gasteiger partial charge in [-0.05, 0) is 69.6 Å². The molecule has 5 rings (SSSR count). The van der Waals surface area contributed by atoms with E-state index >= 15 is 0 Å². The maximum atomic E-state index is 13.9. The summed E-state index contributed by atoms with van der Waals surface area (Å²) in [5.41, 5.74) is 9.47. The fourth-order valence-electron chi connectivity index (χ4n) is 5.55. The van der Waals surface area contributed by atoms with E-state index in [2.05, 4.69) is 15.1 Å². The van der Waals surface area contributed by atoms with Gasteiger partial charge in [0.2, 0.25) is 11.9 Å². The molecular formula is C23H25F6N7. The summed E-state index contributed by atoms with van der Waals surface area (Å²) < 4.78 is 84.1. The number of aromatic nitrogens is 2. The Balaban J connectivity index is 1.77. The molecule has 0 unspecified atom stereocenters. The Bertz CT molecular complexity index is 1230. The van der Waals surface area contributed by atoms with Gasteiger partial charge in [0, 0.05) is 11.3 Å². The van der Waals surface area contributed by atoms with Crippen LogP contribution in [0.4, 0.5) is 32.0 Å². The summed E-state index contributed by atoms with van der Waals surface area (Å²) in [5.74, 6) is -0.253. The minimum absolute atomic E-state index is 0.0513. The number of anilines is 1. The third kappa shape index (κ3) is 4.07. The van der Waals surface area contributed by atoms with E-state index in [0.29, 0.717) is 37.8 Å². The predicted molar refractivity (Wildman–Crippen MR) is 122 cm³/mol. The van der Waals surface area contributed by atoms with Crippen LogP contribution in [0.2, 0.25) is 0 Å². The van der Waals surface area contributed by atoms with E-state index in [1.165, 1.54) is 4.90 Å². The fourth-order valence-corrected chi connectivity index (χ4v) is 5.55. The normalized spacial score (nSPS) is 20.2. The summed E-state index contributed by atoms with van der Waals surface area (Å²) in [6, 6.07) is 2.87. The molecule has 1 aliphatic heterocycles. The third-order valence-corrected chi connectivity index (χ3v) is 7.07. The lowest BCUT2D eigenvalue weighted by atomic mass is 9.87. The highest BCUT2D eigenvalue weighted by Crippen LogP contribution is 2.45. The van der Waals surface area contributed by atoms with Crippen molar-refractivity contribution in [3.05, 3.63) is 40.7 Å². The second kappa shape index (κ2) is 8.41. The molecule has 1 aromatic carbocycles. The SMILES string of the molecule is NC1=NC2(CCCCC2)N(c2cc(C(F)(F)F)ccc2-n2nc(C(F)(F)F)c3c2CCCC3)C(N)=N1. The van der Waals surface area contributed by atoms with E-state index in [4.69, 9.17) is 11.5 Å². The number of alkyl halides is 6. The number of rotatable bonds is 2. The van der Waals surface area contributed by atoms with Gasteiger partial charge in [-0.3, -0.25) is 4.90 Å². The molecule has 4 N–H and O–H groups in total. The Morgan fingerprint density at radius 1 is 0.833 bits per heavy atom. The van der Waals surface area contributed by atoms with E-state index in [0.717, 1.165) is 42.1 Å². The average molecular weight is 513 g/mol. The topological polar surface area (TPSA) is 97.8 Å². The fraction of sp³-hybridized carbons (Fsp3) is 0.522. The maximum absolute atomic E-state index is 13.9. The molecule has 1 aromatic heterocycles. The minimum atomic E-state index is -4.70. The van der Waals surface area contributed by atoms with Crippen LogP contribution in [-0.2, 0) is 25.2 Å². The second-order valence-corrected chi connectivity index (χ2v) is 9.41. The summed E-state index contributed by atoms with van der Waals surface area (Å²) in [5, 5.41) is 3.90. The van der Waals surface area contributed by atoms with Gasteiger partial charge in [0.1, 0.15) is 5.66 Å². The zero-order valence-electron chi connectivity index (χ0n) is 19.3. The van der Waals surface area contributed by atoms with Gasteiger partial charge in [0.05, 0.1) is 16.9 Å². The third-order valence-electron chi connectivity index (χ3n) is 7.07. The van der Waals surface area contributed by atoms with Gasteiger partial charge in [0.25, 0.3) is 0 Å². The number of guanidine groups is 2. The molecule has 2 aromatic rings. The number of hydrogen-bond donors (Lipinski definition) is 2. The van der Waals surface area contributed by atoms with Gasteiger partial charge in [-0.25, -0.2) is 9.67 Å². The monoisotopic (exact) mass is 513 g/mol. The number of aliphatic imine (C=N–C) groups is 2. The van der Waals surface area contributed by atoms with Gasteiger partial charge in [-0.2, -0.15) is 36.4 Å². The van der Waals surface area contributed by atoms with E-state index in [9.17, 15) is 26.3 Å². The lowest BCUT2D eigenvalue weighted by Crippen LogP contribution is -2.58. The van der Waals surface area contributed by atoms with E-state index in [1.807, 2.05) is 0 Å². The Morgan fingerprint density at radius 3 is 2.19 bits per heavy atom. The summed E-state index contributed by atoms with van der Waals surface area (Å²) in [6.45, 7) is 0. The van der Waals surface area contributed by atoms with Crippen molar-refractivity contribution in [2.24, 2.45) is 21.5 Å². The first-order chi connectivity index (χ1) is 16.9. The number of hydrogen-bond acceptors (Lipinski definition) is 6. The Kier molecular flexibility index (Phi) is 5.71. The van der Waals surface area contributed by atoms with Crippen molar-refractivity contribution in [1.29, 1.82) is 0 Å². The molecule has 2 heterocycles. The molecule has 1 fully saturated rings. The molecule has 0 amide bonds. The van der Waals surface area contributed by atoms with Crippen molar-refractivity contribution < 1.29 is 26.3 Å². The molecule has 2 aliphatic carbocycles. The highest BCUT2D eigenvalue weighted by Gasteiger charge is 2.45. The molecule has 1 spiro atoms. The average Bonchev–Trinajstić information content (AvgIpc) is 3.18. The van der Waals surface area contributed by atoms with Gasteiger partial charge in [-0.15, -0.1) is 0 Å². The highest BCUT2D eigenvalue weighted by molar-refractivity contribution is 6.06. The van der Waals surface area contributed by atoms with Crippen LogP contribution in [0, 0.1) is 0 Å². The molecule has 3 aliphatic rings. The first-order valence-corrected chi connectivity index (χ1v) is 11.8. The number of halogens is 6. The van der Waals surface area contributed by atoms with E-state index in [-0.39, 0.29) is 35.3 Å². The van der Waals surface area contributed by atoms with Gasteiger partial charge in [-0.1, -0.05) is 6.42 Å². The minimum Gasteiger partial charge on any atom is -0.369 e. The predicted octanol–water partition coefficient (Wildman–Crippen LogP) is 4.90. The van der Waals surface area contributed by atoms with E-state index in [1.54, 1.807) is 0 Å². The van der Waals surface area contributed by atoms with Crippen molar-refractivity contribution in [3.63, 3.8) is 0 Å². The molecule has 13 heteroatoms. The van der Waals surface area contributed by atoms with Crippen LogP contribution in [0.15, 0.2) is 28.2 Å². The standard InChI is InChI=1S/C23H25F6N7/c24-22(25,26)13-8-9-16(36-15-7-3-2-6-14(15)18(34-36)23(27,28)29)17(12-13)35-20(31)32-19(30)33-21(35)10-4-1-5-11-21/h8-9,12H,1-7,10-11H2,(H4,30,31,32,33). The second-order valence-electron chi connectivity index (χ2n) is 9.41. The summed E-state index contributed by atoms with van der Waals surface area (Å²) in [7, 11) is 0. The van der Waals surface area contributed by atoms with Crippen molar-refractivity contribution in [3.8, 4) is 5.69 Å². The van der Waals surface area contributed by atoms with Crippen LogP contribution in [0.1, 0.15) is 67.5 Å².